The van der Waals surface area contributed by atoms with E-state index in [-0.39, 0.29) is 45.1 Å². The van der Waals surface area contributed by atoms with Crippen LogP contribution in [0.4, 0.5) is 0 Å². The maximum Gasteiger partial charge on any atom is 0.197 e. The van der Waals surface area contributed by atoms with Gasteiger partial charge in [0.25, 0.3) is 0 Å². The van der Waals surface area contributed by atoms with E-state index in [9.17, 15) is 0 Å². The minimum Gasteiger partial charge on any atom is -0.291 e. The Morgan fingerprint density at radius 1 is 0.783 bits per heavy atom. The molecule has 252 valence electrons. The first-order chi connectivity index (χ1) is 20.7. The normalized spacial score (nSPS) is 20.5. The minimum atomic E-state index is -0.453. The minimum absolute atomic E-state index is 0.00183. The predicted molar refractivity (Wildman–Crippen MR) is 200 cm³/mol. The Kier molecular flexibility index (Phi) is 9.26. The van der Waals surface area contributed by atoms with Crippen LogP contribution in [-0.4, -0.2) is 38.1 Å². The number of likely N-dealkylation sites (tertiary alicyclic amines) is 1. The van der Waals surface area contributed by atoms with Gasteiger partial charge >= 0.3 is 0 Å². The number of piperidine rings is 1. The van der Waals surface area contributed by atoms with Crippen LogP contribution in [0.1, 0.15) is 120 Å². The smallest absolute Gasteiger partial charge is 0.197 e. The number of carbonyl (C=O) groups excluding carboxylic acids is 1. The van der Waals surface area contributed by atoms with E-state index in [4.69, 9.17) is 28.3 Å². The quantitative estimate of drug-likeness (QED) is 0.237. The predicted octanol–water partition coefficient (Wildman–Crippen LogP) is 12.1. The van der Waals surface area contributed by atoms with Crippen molar-refractivity contribution in [3.8, 4) is 16.9 Å². The number of hydrogen-bond acceptors (Lipinski definition) is 3. The Morgan fingerprint density at radius 3 is 1.74 bits per heavy atom. The topological polar surface area (TPSA) is 38.1 Å². The van der Waals surface area contributed by atoms with Crippen LogP contribution in [0, 0.1) is 21.7 Å². The average Bonchev–Trinajstić information content (AvgIpc) is 3.31. The number of hydrogen-bond donors (Lipinski definition) is 0. The monoisotopic (exact) mass is 729 g/mol. The van der Waals surface area contributed by atoms with Gasteiger partial charge < -0.3 is 0 Å². The van der Waals surface area contributed by atoms with Gasteiger partial charge in [-0.1, -0.05) is 127 Å². The molecule has 0 amide bonds. The molecule has 0 N–H and O–H groups in total. The molecule has 0 atom stereocenters. The zero-order valence-corrected chi connectivity index (χ0v) is 33.7. The van der Waals surface area contributed by atoms with Crippen molar-refractivity contribution >= 4 is 44.9 Å². The van der Waals surface area contributed by atoms with Crippen LogP contribution in [0.5, 0.6) is 0 Å². The molecule has 0 spiro atoms. The van der Waals surface area contributed by atoms with E-state index in [2.05, 4.69) is 137 Å². The summed E-state index contributed by atoms with van der Waals surface area (Å²) in [5.74, 6) is 0.00183. The summed E-state index contributed by atoms with van der Waals surface area (Å²) in [6.45, 7) is 34.8. The Bertz CT molecular complexity index is 1620. The van der Waals surface area contributed by atoms with Crippen molar-refractivity contribution in [2.75, 3.05) is 6.54 Å². The van der Waals surface area contributed by atoms with E-state index < -0.39 is 5.41 Å². The molecule has 4 nitrogen and oxygen atoms in total. The highest BCUT2D eigenvalue weighted by Crippen LogP contribution is 2.67. The first-order valence-electron chi connectivity index (χ1n) is 16.3. The zero-order chi connectivity index (χ0) is 35.2. The molecule has 0 unspecified atom stereocenters. The van der Waals surface area contributed by atoms with Crippen molar-refractivity contribution in [3.63, 3.8) is 0 Å². The maximum absolute atomic E-state index is 15.1. The number of carbonyl (C=O) groups is 1. The van der Waals surface area contributed by atoms with Crippen molar-refractivity contribution in [1.29, 1.82) is 0 Å². The van der Waals surface area contributed by atoms with Crippen LogP contribution in [0.3, 0.4) is 0 Å². The molecular weight excluding hydrogens is 677 g/mol. The summed E-state index contributed by atoms with van der Waals surface area (Å²) in [6, 6.07) is 13.6. The molecule has 2 aromatic carbocycles. The molecule has 1 aliphatic heterocycles. The van der Waals surface area contributed by atoms with Gasteiger partial charge in [0.05, 0.1) is 22.9 Å². The van der Waals surface area contributed by atoms with Gasteiger partial charge in [-0.25, -0.2) is 4.68 Å². The summed E-state index contributed by atoms with van der Waals surface area (Å²) in [6.07, 6.45) is 0. The highest BCUT2D eigenvalue weighted by molar-refractivity contribution is 9.10. The Morgan fingerprint density at radius 2 is 1.28 bits per heavy atom. The largest absolute Gasteiger partial charge is 0.291 e. The molecule has 46 heavy (non-hydrogen) atoms. The molecular formula is C39H54BrCl2N3O. The number of nitrogens with zero attached hydrogens (tertiary/aromatic N) is 3. The van der Waals surface area contributed by atoms with Crippen LogP contribution in [0.2, 0.25) is 10.0 Å². The van der Waals surface area contributed by atoms with Gasteiger partial charge in [-0.05, 0) is 85.1 Å². The van der Waals surface area contributed by atoms with Crippen LogP contribution < -0.4 is 0 Å². The molecule has 1 fully saturated rings. The molecule has 2 heterocycles. The van der Waals surface area contributed by atoms with E-state index in [1.807, 2.05) is 28.9 Å². The van der Waals surface area contributed by atoms with Crippen molar-refractivity contribution in [1.82, 2.24) is 14.7 Å². The van der Waals surface area contributed by atoms with Crippen LogP contribution in [-0.2, 0) is 5.41 Å². The van der Waals surface area contributed by atoms with Gasteiger partial charge in [-0.3, -0.25) is 9.69 Å². The lowest BCUT2D eigenvalue weighted by Gasteiger charge is -2.74. The molecule has 0 radical (unpaired) electrons. The van der Waals surface area contributed by atoms with E-state index in [0.29, 0.717) is 21.4 Å². The van der Waals surface area contributed by atoms with E-state index >= 15 is 4.79 Å². The number of rotatable bonds is 6. The number of halogens is 3. The van der Waals surface area contributed by atoms with Crippen molar-refractivity contribution in [2.24, 2.45) is 21.7 Å². The standard InChI is InChI=1S/C39H54BrCl2N3O/c1-33(2,3)34(4,5)30-31(29(46)23-44-38(12,13)36(8,9)35(6,7)37(10,11)39(44,14)15)43-45(28-21-20-26(41)22-27(28)42)32(30)24-16-18-25(40)19-17-24/h16-22H,23H2,1-15H3. The van der Waals surface area contributed by atoms with Gasteiger partial charge in [-0.15, -0.1) is 0 Å². The molecule has 0 aliphatic carbocycles. The Labute approximate surface area is 296 Å². The first kappa shape index (κ1) is 37.2. The van der Waals surface area contributed by atoms with E-state index in [0.717, 1.165) is 21.3 Å². The lowest BCUT2D eigenvalue weighted by atomic mass is 9.41. The number of benzene rings is 2. The molecule has 4 rings (SSSR count). The fourth-order valence-electron chi connectivity index (χ4n) is 7.58. The fourth-order valence-corrected chi connectivity index (χ4v) is 8.33. The Hall–Kier alpha value is -1.66. The molecule has 0 bridgehead atoms. The summed E-state index contributed by atoms with van der Waals surface area (Å²) in [5.41, 5.74) is 2.37. The lowest BCUT2D eigenvalue weighted by molar-refractivity contribution is -0.243. The molecule has 7 heteroatoms. The summed E-state index contributed by atoms with van der Waals surface area (Å²) >= 11 is 16.8. The summed E-state index contributed by atoms with van der Waals surface area (Å²) < 4.78 is 2.84. The third-order valence-electron chi connectivity index (χ3n) is 13.7. The number of Topliss-reactive ketones (excluding diaryl/α,β-unsaturated/α-hetero) is 1. The first-order valence-corrected chi connectivity index (χ1v) is 17.9. The Balaban J connectivity index is 2.06. The SMILES string of the molecule is CC(C)(C)C(C)(C)c1c(C(=O)CN2C(C)(C)C(C)(C)C(C)(C)C(C)(C)C2(C)C)nn(-c2ccc(Cl)cc2Cl)c1-c1ccc(Br)cc1. The summed E-state index contributed by atoms with van der Waals surface area (Å²) in [7, 11) is 0. The molecule has 1 saturated heterocycles. The molecule has 1 aliphatic rings. The molecule has 3 aromatic rings. The van der Waals surface area contributed by atoms with Gasteiger partial charge in [0.2, 0.25) is 0 Å². The van der Waals surface area contributed by atoms with Gasteiger partial charge in [0.15, 0.2) is 5.78 Å². The van der Waals surface area contributed by atoms with Gasteiger partial charge in [0.1, 0.15) is 5.69 Å². The number of aromatic nitrogens is 2. The van der Waals surface area contributed by atoms with E-state index in [1.165, 1.54) is 0 Å². The molecule has 1 aromatic heterocycles. The van der Waals surface area contributed by atoms with Crippen molar-refractivity contribution < 1.29 is 4.79 Å². The maximum atomic E-state index is 15.1. The van der Waals surface area contributed by atoms with E-state index in [1.54, 1.807) is 6.07 Å². The van der Waals surface area contributed by atoms with Gasteiger partial charge in [0, 0.05) is 31.7 Å². The number of ketones is 1. The third kappa shape index (κ3) is 5.35. The average molecular weight is 732 g/mol. The highest BCUT2D eigenvalue weighted by atomic mass is 79.9. The lowest BCUT2D eigenvalue weighted by Crippen LogP contribution is -2.78. The van der Waals surface area contributed by atoms with Gasteiger partial charge in [-0.2, -0.15) is 5.10 Å². The second-order valence-electron chi connectivity index (χ2n) is 17.5. The summed E-state index contributed by atoms with van der Waals surface area (Å²) in [4.78, 5) is 17.6. The van der Waals surface area contributed by atoms with Crippen molar-refractivity contribution in [2.45, 2.75) is 120 Å². The second kappa shape index (κ2) is 11.5. The van der Waals surface area contributed by atoms with Crippen LogP contribution >= 0.6 is 39.1 Å². The van der Waals surface area contributed by atoms with Crippen LogP contribution in [0.25, 0.3) is 16.9 Å². The van der Waals surface area contributed by atoms with Crippen molar-refractivity contribution in [3.05, 3.63) is 68.2 Å². The third-order valence-corrected chi connectivity index (χ3v) is 14.8. The van der Waals surface area contributed by atoms with Crippen LogP contribution in [0.15, 0.2) is 46.9 Å². The molecule has 0 saturated carbocycles. The summed E-state index contributed by atoms with van der Waals surface area (Å²) in [5, 5.41) is 6.22. The second-order valence-corrected chi connectivity index (χ2v) is 19.2. The zero-order valence-electron chi connectivity index (χ0n) is 30.6. The fraction of sp³-hybridized carbons (Fsp3) is 0.590. The highest BCUT2D eigenvalue weighted by Gasteiger charge is 2.68.